The van der Waals surface area contributed by atoms with E-state index in [0.717, 1.165) is 70.6 Å². The minimum Gasteiger partial charge on any atom is -0.466 e. The highest BCUT2D eigenvalue weighted by atomic mass is 16.7. The van der Waals surface area contributed by atoms with E-state index in [0.29, 0.717) is 19.4 Å². The molecule has 1 amide bonds. The molecule has 6 N–H and O–H groups in total. The smallest absolute Gasteiger partial charge is 0.305 e. The number of esters is 1. The minimum atomic E-state index is -1.58. The maximum absolute atomic E-state index is 13.0. The van der Waals surface area contributed by atoms with E-state index in [1.54, 1.807) is 6.08 Å². The van der Waals surface area contributed by atoms with E-state index in [1.807, 2.05) is 6.08 Å². The summed E-state index contributed by atoms with van der Waals surface area (Å²) in [4.78, 5) is 25.1. The summed E-state index contributed by atoms with van der Waals surface area (Å²) in [7, 11) is 0. The average molecular weight is 1100 g/mol. The van der Waals surface area contributed by atoms with E-state index >= 15 is 0 Å². The summed E-state index contributed by atoms with van der Waals surface area (Å²) in [6.07, 6.45) is 61.4. The number of rotatable bonds is 58. The third kappa shape index (κ3) is 45.5. The second-order valence-corrected chi connectivity index (χ2v) is 23.2. The van der Waals surface area contributed by atoms with Crippen LogP contribution in [0.4, 0.5) is 0 Å². The molecule has 1 fully saturated rings. The number of amides is 1. The van der Waals surface area contributed by atoms with Crippen molar-refractivity contribution in [3.05, 3.63) is 36.5 Å². The molecule has 78 heavy (non-hydrogen) atoms. The van der Waals surface area contributed by atoms with Crippen molar-refractivity contribution in [1.82, 2.24) is 5.32 Å². The Morgan fingerprint density at radius 2 is 0.833 bits per heavy atom. The van der Waals surface area contributed by atoms with Crippen LogP contribution in [0.3, 0.4) is 0 Å². The summed E-state index contributed by atoms with van der Waals surface area (Å²) in [5.74, 6) is -0.199. The zero-order valence-corrected chi connectivity index (χ0v) is 50.6. The van der Waals surface area contributed by atoms with E-state index in [2.05, 4.69) is 43.5 Å². The average Bonchev–Trinajstić information content (AvgIpc) is 3.44. The summed E-state index contributed by atoms with van der Waals surface area (Å²) in [6.45, 7) is 4.29. The van der Waals surface area contributed by atoms with Crippen LogP contribution in [-0.4, -0.2) is 100 Å². The fourth-order valence-electron chi connectivity index (χ4n) is 10.4. The van der Waals surface area contributed by atoms with E-state index in [-0.39, 0.29) is 18.5 Å². The van der Waals surface area contributed by atoms with E-state index in [1.165, 1.54) is 218 Å². The highest BCUT2D eigenvalue weighted by molar-refractivity contribution is 5.76. The van der Waals surface area contributed by atoms with Gasteiger partial charge in [0.25, 0.3) is 0 Å². The molecule has 11 nitrogen and oxygen atoms in total. The van der Waals surface area contributed by atoms with Crippen LogP contribution < -0.4 is 5.32 Å². The van der Waals surface area contributed by atoms with Gasteiger partial charge in [-0.15, -0.1) is 0 Å². The van der Waals surface area contributed by atoms with Gasteiger partial charge in [-0.2, -0.15) is 0 Å². The summed E-state index contributed by atoms with van der Waals surface area (Å²) in [5, 5.41) is 54.2. The molecule has 1 aliphatic heterocycles. The summed E-state index contributed by atoms with van der Waals surface area (Å²) >= 11 is 0. The van der Waals surface area contributed by atoms with Gasteiger partial charge in [0.05, 0.1) is 32.0 Å². The van der Waals surface area contributed by atoms with Gasteiger partial charge in [0.2, 0.25) is 5.91 Å². The van der Waals surface area contributed by atoms with Gasteiger partial charge in [0, 0.05) is 12.8 Å². The third-order valence-corrected chi connectivity index (χ3v) is 15.7. The Morgan fingerprint density at radius 1 is 0.462 bits per heavy atom. The molecule has 0 radical (unpaired) electrons. The first-order valence-electron chi connectivity index (χ1n) is 33.3. The number of hydrogen-bond acceptors (Lipinski definition) is 10. The number of allylic oxidation sites excluding steroid dienone is 5. The molecule has 458 valence electrons. The zero-order valence-electron chi connectivity index (χ0n) is 50.6. The lowest BCUT2D eigenvalue weighted by molar-refractivity contribution is -0.302. The topological polar surface area (TPSA) is 175 Å². The van der Waals surface area contributed by atoms with Crippen LogP contribution in [0.25, 0.3) is 0 Å². The van der Waals surface area contributed by atoms with Crippen molar-refractivity contribution < 1.29 is 49.3 Å². The second-order valence-electron chi connectivity index (χ2n) is 23.2. The first kappa shape index (κ1) is 73.9. The van der Waals surface area contributed by atoms with Gasteiger partial charge in [-0.1, -0.05) is 269 Å². The fourth-order valence-corrected chi connectivity index (χ4v) is 10.4. The molecule has 0 aromatic heterocycles. The molecule has 11 heteroatoms. The molecule has 1 aliphatic rings. The molecule has 1 rings (SSSR count). The summed E-state index contributed by atoms with van der Waals surface area (Å²) < 4.78 is 16.7. The number of carbonyl (C=O) groups excluding carboxylic acids is 2. The van der Waals surface area contributed by atoms with Gasteiger partial charge >= 0.3 is 5.97 Å². The van der Waals surface area contributed by atoms with Gasteiger partial charge < -0.3 is 45.1 Å². The monoisotopic (exact) mass is 1100 g/mol. The molecule has 7 atom stereocenters. The number of unbranched alkanes of at least 4 members (excludes halogenated alkanes) is 40. The van der Waals surface area contributed by atoms with Gasteiger partial charge in [-0.05, 0) is 70.6 Å². The Balaban J connectivity index is 1.96. The molecular formula is C67H125NO10. The number of ether oxygens (including phenoxy) is 3. The first-order chi connectivity index (χ1) is 38.2. The number of hydrogen-bond donors (Lipinski definition) is 6. The molecule has 7 unspecified atom stereocenters. The van der Waals surface area contributed by atoms with Crippen molar-refractivity contribution in [1.29, 1.82) is 0 Å². The van der Waals surface area contributed by atoms with Crippen LogP contribution in [0.2, 0.25) is 0 Å². The van der Waals surface area contributed by atoms with Gasteiger partial charge in [0.1, 0.15) is 24.4 Å². The molecule has 1 heterocycles. The van der Waals surface area contributed by atoms with Crippen LogP contribution in [0.1, 0.15) is 316 Å². The predicted octanol–water partition coefficient (Wildman–Crippen LogP) is 16.2. The van der Waals surface area contributed by atoms with Crippen molar-refractivity contribution in [2.24, 2.45) is 0 Å². The Morgan fingerprint density at radius 3 is 1.29 bits per heavy atom. The second kappa shape index (κ2) is 56.7. The van der Waals surface area contributed by atoms with E-state index in [4.69, 9.17) is 14.2 Å². The molecule has 0 saturated carbocycles. The molecule has 0 spiro atoms. The van der Waals surface area contributed by atoms with Crippen LogP contribution >= 0.6 is 0 Å². The van der Waals surface area contributed by atoms with E-state index < -0.39 is 49.5 Å². The quantitative estimate of drug-likeness (QED) is 0.0195. The number of carbonyl (C=O) groups is 2. The van der Waals surface area contributed by atoms with Crippen molar-refractivity contribution in [2.45, 2.75) is 358 Å². The van der Waals surface area contributed by atoms with Crippen LogP contribution in [0, 0.1) is 0 Å². The lowest BCUT2D eigenvalue weighted by atomic mass is 9.99. The van der Waals surface area contributed by atoms with Crippen molar-refractivity contribution >= 4 is 11.9 Å². The highest BCUT2D eigenvalue weighted by Gasteiger charge is 2.44. The Kier molecular flexibility index (Phi) is 53.7. The number of nitrogens with one attached hydrogen (secondary N) is 1. The van der Waals surface area contributed by atoms with Crippen LogP contribution in [0.15, 0.2) is 36.5 Å². The molecule has 0 aromatic carbocycles. The lowest BCUT2D eigenvalue weighted by Gasteiger charge is -2.40. The zero-order chi connectivity index (χ0) is 56.6. The standard InChI is InChI=1S/C67H125NO10/c1-3-5-7-9-11-13-14-15-16-17-22-26-29-32-35-39-43-47-51-55-63(72)76-56-52-48-44-40-36-33-30-27-24-21-19-18-20-23-25-28-31-34-38-42-46-50-54-62(71)68-59(60(70)53-49-45-41-37-12-10-8-6-4-2)58-77-67-66(75)65(74)64(73)61(57-69)78-67/h12,20,23,37,49,53,59-61,64-67,69-70,73-75H,3-11,13-19,21-22,24-36,38-48,50-52,54-58H2,1-2H3,(H,68,71)/b23-20-,37-12+,53-49+. The molecule has 0 bridgehead atoms. The van der Waals surface area contributed by atoms with Crippen molar-refractivity contribution in [3.8, 4) is 0 Å². The Labute approximate surface area is 479 Å². The number of aliphatic hydroxyl groups excluding tert-OH is 5. The maximum Gasteiger partial charge on any atom is 0.305 e. The van der Waals surface area contributed by atoms with Crippen LogP contribution in [0.5, 0.6) is 0 Å². The summed E-state index contributed by atoms with van der Waals surface area (Å²) in [5.41, 5.74) is 0. The third-order valence-electron chi connectivity index (χ3n) is 15.7. The van der Waals surface area contributed by atoms with E-state index in [9.17, 15) is 35.1 Å². The van der Waals surface area contributed by atoms with Gasteiger partial charge in [-0.3, -0.25) is 9.59 Å². The fraction of sp³-hybridized carbons (Fsp3) is 0.881. The molecule has 0 aromatic rings. The summed E-state index contributed by atoms with van der Waals surface area (Å²) in [6, 6.07) is -0.831. The van der Waals surface area contributed by atoms with Crippen molar-refractivity contribution in [3.63, 3.8) is 0 Å². The largest absolute Gasteiger partial charge is 0.466 e. The highest BCUT2D eigenvalue weighted by Crippen LogP contribution is 2.23. The Bertz CT molecular complexity index is 1390. The minimum absolute atomic E-state index is 0.00188. The SMILES string of the molecule is CCCCC/C=C/CC/C=C/C(O)C(COC1OC(CO)C(O)C(O)C1O)NC(=O)CCCCCCCCC/C=C\CCCCCCCCCCCCCOC(=O)CCCCCCCCCCCCCCCCCCCCC. The van der Waals surface area contributed by atoms with Gasteiger partial charge in [-0.25, -0.2) is 0 Å². The predicted molar refractivity (Wildman–Crippen MR) is 324 cm³/mol. The van der Waals surface area contributed by atoms with Gasteiger partial charge in [0.15, 0.2) is 6.29 Å². The molecule has 0 aliphatic carbocycles. The number of aliphatic hydroxyl groups is 5. The first-order valence-corrected chi connectivity index (χ1v) is 33.3. The van der Waals surface area contributed by atoms with Crippen LogP contribution in [-0.2, 0) is 23.8 Å². The lowest BCUT2D eigenvalue weighted by Crippen LogP contribution is -2.60. The van der Waals surface area contributed by atoms with Crippen molar-refractivity contribution in [2.75, 3.05) is 19.8 Å². The normalized spacial score (nSPS) is 18.7. The maximum atomic E-state index is 13.0. The Hall–Kier alpha value is -2.12. The molecular weight excluding hydrogens is 979 g/mol. The molecule has 1 saturated heterocycles.